The van der Waals surface area contributed by atoms with Crippen LogP contribution in [0.1, 0.15) is 61.2 Å². The molecule has 0 radical (unpaired) electrons. The third kappa shape index (κ3) is 2.28. The second-order valence-electron chi connectivity index (χ2n) is 9.10. The van der Waals surface area contributed by atoms with Crippen LogP contribution in [0.4, 0.5) is 0 Å². The molecule has 4 bridgehead atoms. The number of aromatic amines is 1. The highest BCUT2D eigenvalue weighted by Crippen LogP contribution is 2.55. The van der Waals surface area contributed by atoms with Crippen LogP contribution in [0.3, 0.4) is 0 Å². The Morgan fingerprint density at radius 3 is 2.56 bits per heavy atom. The largest absolute Gasteiger partial charge is 0.309 e. The van der Waals surface area contributed by atoms with E-state index >= 15 is 0 Å². The zero-order valence-electron chi connectivity index (χ0n) is 14.6. The maximum absolute atomic E-state index is 12.6. The molecule has 2 aromatic rings. The zero-order valence-corrected chi connectivity index (χ0v) is 15.4. The van der Waals surface area contributed by atoms with Gasteiger partial charge in [0, 0.05) is 10.4 Å². The Morgan fingerprint density at radius 1 is 1.12 bits per heavy atom. The van der Waals surface area contributed by atoms with Crippen LogP contribution in [-0.2, 0) is 19.4 Å². The summed E-state index contributed by atoms with van der Waals surface area (Å²) < 4.78 is 0. The first-order valence-corrected chi connectivity index (χ1v) is 10.8. The maximum Gasteiger partial charge on any atom is 0.259 e. The molecular weight excluding hydrogens is 330 g/mol. The van der Waals surface area contributed by atoms with Crippen molar-refractivity contribution in [2.45, 2.75) is 69.9 Å². The Kier molecular flexibility index (Phi) is 3.08. The fourth-order valence-corrected chi connectivity index (χ4v) is 8.01. The Bertz CT molecular complexity index is 876. The quantitative estimate of drug-likeness (QED) is 0.885. The molecule has 0 aliphatic heterocycles. The second-order valence-corrected chi connectivity index (χ2v) is 10.2. The van der Waals surface area contributed by atoms with Crippen molar-refractivity contribution in [1.82, 2.24) is 15.3 Å². The molecular formula is C20H25N3OS. The molecule has 0 aromatic carbocycles. The van der Waals surface area contributed by atoms with Crippen molar-refractivity contribution in [3.05, 3.63) is 26.6 Å². The lowest BCUT2D eigenvalue weighted by atomic mass is 9.53. The third-order valence-corrected chi connectivity index (χ3v) is 8.48. The molecule has 0 atom stereocenters. The molecule has 4 nitrogen and oxygen atoms in total. The van der Waals surface area contributed by atoms with E-state index in [1.54, 1.807) is 11.3 Å². The van der Waals surface area contributed by atoms with E-state index in [2.05, 4.69) is 10.3 Å². The van der Waals surface area contributed by atoms with Gasteiger partial charge in [-0.1, -0.05) is 0 Å². The summed E-state index contributed by atoms with van der Waals surface area (Å²) in [5, 5.41) is 4.73. The Hall–Kier alpha value is -1.20. The third-order valence-electron chi connectivity index (χ3n) is 7.29. The van der Waals surface area contributed by atoms with Gasteiger partial charge in [-0.05, 0) is 81.1 Å². The molecule has 2 aromatic heterocycles. The van der Waals surface area contributed by atoms with E-state index in [1.165, 1.54) is 55.4 Å². The molecule has 2 N–H and O–H groups in total. The predicted molar refractivity (Wildman–Crippen MR) is 100 cm³/mol. The highest BCUT2D eigenvalue weighted by Gasteiger charge is 2.50. The van der Waals surface area contributed by atoms with E-state index in [0.29, 0.717) is 12.1 Å². The van der Waals surface area contributed by atoms with E-state index in [4.69, 9.17) is 4.98 Å². The molecule has 0 saturated heterocycles. The van der Waals surface area contributed by atoms with Gasteiger partial charge in [-0.3, -0.25) is 4.79 Å². The minimum atomic E-state index is 0.0757. The smallest absolute Gasteiger partial charge is 0.259 e. The Balaban J connectivity index is 1.28. The number of rotatable bonds is 3. The van der Waals surface area contributed by atoms with Gasteiger partial charge in [-0.25, -0.2) is 4.98 Å². The zero-order chi connectivity index (χ0) is 16.6. The van der Waals surface area contributed by atoms with Crippen molar-refractivity contribution >= 4 is 21.6 Å². The number of aryl methyl sites for hydroxylation is 2. The number of nitrogens with one attached hydrogen (secondary N) is 2. The van der Waals surface area contributed by atoms with Gasteiger partial charge in [0.25, 0.3) is 5.56 Å². The molecule has 5 heteroatoms. The van der Waals surface area contributed by atoms with Crippen LogP contribution in [0, 0.1) is 17.8 Å². The molecule has 25 heavy (non-hydrogen) atoms. The summed E-state index contributed by atoms with van der Waals surface area (Å²) in [5.74, 6) is 3.64. The molecule has 4 saturated carbocycles. The summed E-state index contributed by atoms with van der Waals surface area (Å²) in [5.41, 5.74) is 1.67. The Labute approximate surface area is 151 Å². The average Bonchev–Trinajstić information content (AvgIpc) is 3.12. The van der Waals surface area contributed by atoms with Crippen LogP contribution in [0.2, 0.25) is 0 Å². The highest BCUT2D eigenvalue weighted by molar-refractivity contribution is 7.18. The van der Waals surface area contributed by atoms with E-state index < -0.39 is 0 Å². The average molecular weight is 356 g/mol. The number of hydrogen-bond donors (Lipinski definition) is 2. The number of aromatic nitrogens is 2. The van der Waals surface area contributed by atoms with Crippen LogP contribution in [0.25, 0.3) is 10.2 Å². The number of hydrogen-bond acceptors (Lipinski definition) is 4. The van der Waals surface area contributed by atoms with Crippen molar-refractivity contribution in [2.75, 3.05) is 0 Å². The van der Waals surface area contributed by atoms with Gasteiger partial charge < -0.3 is 10.3 Å². The van der Waals surface area contributed by atoms with Crippen LogP contribution < -0.4 is 10.9 Å². The van der Waals surface area contributed by atoms with E-state index in [1.807, 2.05) is 0 Å². The SMILES string of the molecule is O=c1[nH]c(CNC23CC4CC(CC(C4)C2)C3)nc2sc3c(c12)CCC3. The minimum absolute atomic E-state index is 0.0757. The fraction of sp³-hybridized carbons (Fsp3) is 0.700. The van der Waals surface area contributed by atoms with Crippen molar-refractivity contribution in [3.63, 3.8) is 0 Å². The van der Waals surface area contributed by atoms with Gasteiger partial charge >= 0.3 is 0 Å². The molecule has 0 unspecified atom stereocenters. The summed E-state index contributed by atoms with van der Waals surface area (Å²) in [6, 6.07) is 0. The molecule has 7 rings (SSSR count). The second kappa shape index (κ2) is 5.17. The van der Waals surface area contributed by atoms with E-state index in [0.717, 1.165) is 46.6 Å². The summed E-state index contributed by atoms with van der Waals surface area (Å²) >= 11 is 1.74. The topological polar surface area (TPSA) is 57.8 Å². The van der Waals surface area contributed by atoms with Crippen molar-refractivity contribution in [2.24, 2.45) is 17.8 Å². The van der Waals surface area contributed by atoms with Gasteiger partial charge in [-0.2, -0.15) is 0 Å². The molecule has 0 spiro atoms. The molecule has 5 aliphatic rings. The number of thiophene rings is 1. The first-order valence-electron chi connectivity index (χ1n) is 9.96. The van der Waals surface area contributed by atoms with Crippen LogP contribution in [-0.4, -0.2) is 15.5 Å². The first kappa shape index (κ1) is 14.9. The molecule has 0 amide bonds. The summed E-state index contributed by atoms with van der Waals surface area (Å²) in [7, 11) is 0. The van der Waals surface area contributed by atoms with E-state index in [-0.39, 0.29) is 5.56 Å². The van der Waals surface area contributed by atoms with Crippen molar-refractivity contribution < 1.29 is 0 Å². The van der Waals surface area contributed by atoms with Crippen LogP contribution in [0.15, 0.2) is 4.79 Å². The maximum atomic E-state index is 12.6. The molecule has 4 fully saturated rings. The van der Waals surface area contributed by atoms with Gasteiger partial charge in [0.05, 0.1) is 11.9 Å². The monoisotopic (exact) mass is 355 g/mol. The van der Waals surface area contributed by atoms with Crippen molar-refractivity contribution in [1.29, 1.82) is 0 Å². The summed E-state index contributed by atoms with van der Waals surface area (Å²) in [4.78, 5) is 22.9. The lowest BCUT2D eigenvalue weighted by Gasteiger charge is -2.57. The first-order chi connectivity index (χ1) is 12.2. The van der Waals surface area contributed by atoms with Crippen LogP contribution >= 0.6 is 11.3 Å². The van der Waals surface area contributed by atoms with Gasteiger partial charge in [0.15, 0.2) is 0 Å². The van der Waals surface area contributed by atoms with Gasteiger partial charge in [0.2, 0.25) is 0 Å². The Morgan fingerprint density at radius 2 is 1.84 bits per heavy atom. The standard InChI is InChI=1S/C20H25N3OS/c24-18-17-14-2-1-3-15(14)25-19(17)23-16(22-18)10-21-20-7-11-4-12(8-20)6-13(5-11)9-20/h11-13,21H,1-10H2,(H,22,23,24). The van der Waals surface area contributed by atoms with E-state index in [9.17, 15) is 4.79 Å². The molecule has 5 aliphatic carbocycles. The van der Waals surface area contributed by atoms with Crippen molar-refractivity contribution in [3.8, 4) is 0 Å². The molecule has 132 valence electrons. The number of fused-ring (bicyclic) bond motifs is 3. The molecule has 2 heterocycles. The highest BCUT2D eigenvalue weighted by atomic mass is 32.1. The number of H-pyrrole nitrogens is 1. The minimum Gasteiger partial charge on any atom is -0.309 e. The number of nitrogens with zero attached hydrogens (tertiary/aromatic N) is 1. The summed E-state index contributed by atoms with van der Waals surface area (Å²) in [6.07, 6.45) is 11.7. The summed E-state index contributed by atoms with van der Waals surface area (Å²) in [6.45, 7) is 0.708. The fourth-order valence-electron chi connectivity index (χ4n) is 6.73. The van der Waals surface area contributed by atoms with Gasteiger partial charge in [0.1, 0.15) is 10.7 Å². The predicted octanol–water partition coefficient (Wildman–Crippen LogP) is 3.53. The lowest BCUT2D eigenvalue weighted by molar-refractivity contribution is -0.0209. The van der Waals surface area contributed by atoms with Crippen LogP contribution in [0.5, 0.6) is 0 Å². The van der Waals surface area contributed by atoms with Gasteiger partial charge in [-0.15, -0.1) is 11.3 Å². The normalized spacial score (nSPS) is 35.6. The lowest BCUT2D eigenvalue weighted by Crippen LogP contribution is -2.58.